The SMILES string of the molecule is Cc1ccc(S(=O)(=O)n2nc(C)c(Sc3nccn3C)c2C)cc1. The number of aromatic nitrogens is 4. The van der Waals surface area contributed by atoms with Gasteiger partial charge in [0, 0.05) is 19.4 Å². The van der Waals surface area contributed by atoms with E-state index in [9.17, 15) is 8.42 Å². The number of hydrogen-bond acceptors (Lipinski definition) is 5. The summed E-state index contributed by atoms with van der Waals surface area (Å²) in [5.74, 6) is 0. The summed E-state index contributed by atoms with van der Waals surface area (Å²) in [4.78, 5) is 5.31. The summed E-state index contributed by atoms with van der Waals surface area (Å²) in [6.45, 7) is 5.48. The van der Waals surface area contributed by atoms with Crippen LogP contribution in [0.25, 0.3) is 0 Å². The predicted molar refractivity (Wildman–Crippen MR) is 92.8 cm³/mol. The minimum absolute atomic E-state index is 0.229. The third-order valence-electron chi connectivity index (χ3n) is 3.70. The Labute approximate surface area is 145 Å². The van der Waals surface area contributed by atoms with Gasteiger partial charge in [-0.05, 0) is 44.7 Å². The Morgan fingerprint density at radius 3 is 2.33 bits per heavy atom. The first-order valence-corrected chi connectivity index (χ1v) is 9.60. The van der Waals surface area contributed by atoms with Crippen molar-refractivity contribution >= 4 is 21.8 Å². The summed E-state index contributed by atoms with van der Waals surface area (Å²) in [5, 5.41) is 5.05. The first-order valence-electron chi connectivity index (χ1n) is 7.34. The average molecular weight is 362 g/mol. The van der Waals surface area contributed by atoms with Crippen molar-refractivity contribution < 1.29 is 8.42 Å². The van der Waals surface area contributed by atoms with E-state index in [-0.39, 0.29) is 4.90 Å². The fraction of sp³-hybridized carbons (Fsp3) is 0.250. The van der Waals surface area contributed by atoms with Gasteiger partial charge >= 0.3 is 0 Å². The lowest BCUT2D eigenvalue weighted by Gasteiger charge is -2.07. The van der Waals surface area contributed by atoms with E-state index in [0.29, 0.717) is 11.4 Å². The van der Waals surface area contributed by atoms with Crippen molar-refractivity contribution in [2.24, 2.45) is 7.05 Å². The molecule has 0 N–H and O–H groups in total. The molecule has 3 aromatic rings. The molecule has 0 amide bonds. The monoisotopic (exact) mass is 362 g/mol. The third kappa shape index (κ3) is 2.87. The Kier molecular flexibility index (Phi) is 4.27. The maximum Gasteiger partial charge on any atom is 0.283 e. The summed E-state index contributed by atoms with van der Waals surface area (Å²) >= 11 is 1.41. The normalized spacial score (nSPS) is 11.8. The van der Waals surface area contributed by atoms with E-state index >= 15 is 0 Å². The molecule has 24 heavy (non-hydrogen) atoms. The maximum absolute atomic E-state index is 12.9. The largest absolute Gasteiger partial charge is 0.329 e. The van der Waals surface area contributed by atoms with Crippen LogP contribution in [0.2, 0.25) is 0 Å². The molecule has 0 atom stereocenters. The molecule has 6 nitrogen and oxygen atoms in total. The molecule has 3 rings (SSSR count). The van der Waals surface area contributed by atoms with E-state index in [2.05, 4.69) is 10.1 Å². The molecule has 126 valence electrons. The highest BCUT2D eigenvalue weighted by Crippen LogP contribution is 2.32. The highest BCUT2D eigenvalue weighted by molar-refractivity contribution is 7.99. The van der Waals surface area contributed by atoms with Crippen LogP contribution in [0.3, 0.4) is 0 Å². The minimum Gasteiger partial charge on any atom is -0.329 e. The van der Waals surface area contributed by atoms with E-state index in [1.807, 2.05) is 24.7 Å². The van der Waals surface area contributed by atoms with Crippen molar-refractivity contribution in [3.05, 3.63) is 53.6 Å². The Bertz CT molecular complexity index is 986. The molecular formula is C16H18N4O2S2. The molecule has 0 saturated heterocycles. The van der Waals surface area contributed by atoms with Crippen LogP contribution < -0.4 is 0 Å². The molecule has 0 aliphatic heterocycles. The summed E-state index contributed by atoms with van der Waals surface area (Å²) < 4.78 is 28.7. The van der Waals surface area contributed by atoms with Crippen LogP contribution in [0.15, 0.2) is 51.6 Å². The van der Waals surface area contributed by atoms with Gasteiger partial charge in [-0.1, -0.05) is 17.7 Å². The van der Waals surface area contributed by atoms with Gasteiger partial charge < -0.3 is 4.57 Å². The Morgan fingerprint density at radius 1 is 1.08 bits per heavy atom. The van der Waals surface area contributed by atoms with E-state index in [1.54, 1.807) is 44.3 Å². The number of aryl methyl sites for hydroxylation is 3. The van der Waals surface area contributed by atoms with E-state index in [4.69, 9.17) is 0 Å². The quantitative estimate of drug-likeness (QED) is 0.714. The summed E-state index contributed by atoms with van der Waals surface area (Å²) in [6, 6.07) is 6.77. The lowest BCUT2D eigenvalue weighted by atomic mass is 10.2. The maximum atomic E-state index is 12.9. The second-order valence-corrected chi connectivity index (χ2v) is 8.33. The summed E-state index contributed by atoms with van der Waals surface area (Å²) in [5.41, 5.74) is 2.26. The lowest BCUT2D eigenvalue weighted by Crippen LogP contribution is -2.16. The smallest absolute Gasteiger partial charge is 0.283 e. The van der Waals surface area contributed by atoms with Crippen LogP contribution in [0.1, 0.15) is 17.0 Å². The predicted octanol–water partition coefficient (Wildman–Crippen LogP) is 2.93. The molecule has 0 radical (unpaired) electrons. The average Bonchev–Trinajstić information content (AvgIpc) is 3.06. The van der Waals surface area contributed by atoms with Gasteiger partial charge in [0.05, 0.1) is 21.2 Å². The van der Waals surface area contributed by atoms with Crippen molar-refractivity contribution in [2.75, 3.05) is 0 Å². The van der Waals surface area contributed by atoms with Gasteiger partial charge in [-0.2, -0.15) is 17.6 Å². The Hall–Kier alpha value is -2.06. The molecule has 8 heteroatoms. The first kappa shape index (κ1) is 16.8. The van der Waals surface area contributed by atoms with Crippen molar-refractivity contribution in [1.82, 2.24) is 18.7 Å². The number of benzene rings is 1. The van der Waals surface area contributed by atoms with Crippen molar-refractivity contribution in [3.8, 4) is 0 Å². The van der Waals surface area contributed by atoms with Gasteiger partial charge in [0.1, 0.15) is 0 Å². The van der Waals surface area contributed by atoms with Crippen LogP contribution in [0.5, 0.6) is 0 Å². The van der Waals surface area contributed by atoms with Crippen molar-refractivity contribution in [2.45, 2.75) is 35.7 Å². The lowest BCUT2D eigenvalue weighted by molar-refractivity contribution is 0.577. The van der Waals surface area contributed by atoms with E-state index < -0.39 is 10.0 Å². The van der Waals surface area contributed by atoms with E-state index in [1.165, 1.54) is 11.8 Å². The molecule has 1 aromatic carbocycles. The van der Waals surface area contributed by atoms with Gasteiger partial charge in [0.25, 0.3) is 10.0 Å². The molecule has 2 aromatic heterocycles. The number of hydrogen-bond donors (Lipinski definition) is 0. The van der Waals surface area contributed by atoms with Crippen LogP contribution in [-0.4, -0.2) is 27.2 Å². The van der Waals surface area contributed by atoms with Gasteiger partial charge in [-0.15, -0.1) is 0 Å². The second kappa shape index (κ2) is 6.10. The van der Waals surface area contributed by atoms with E-state index in [0.717, 1.165) is 19.7 Å². The summed E-state index contributed by atoms with van der Waals surface area (Å²) in [6.07, 6.45) is 3.56. The molecule has 2 heterocycles. The van der Waals surface area contributed by atoms with Crippen LogP contribution in [-0.2, 0) is 17.1 Å². The van der Waals surface area contributed by atoms with Crippen molar-refractivity contribution in [3.63, 3.8) is 0 Å². The molecule has 0 fully saturated rings. The molecule has 0 unspecified atom stereocenters. The highest BCUT2D eigenvalue weighted by Gasteiger charge is 2.24. The van der Waals surface area contributed by atoms with Gasteiger partial charge in [-0.25, -0.2) is 4.98 Å². The topological polar surface area (TPSA) is 69.8 Å². The van der Waals surface area contributed by atoms with Crippen molar-refractivity contribution in [1.29, 1.82) is 0 Å². The van der Waals surface area contributed by atoms with Crippen LogP contribution in [0.4, 0.5) is 0 Å². The first-order chi connectivity index (χ1) is 11.3. The van der Waals surface area contributed by atoms with Gasteiger partial charge in [0.15, 0.2) is 5.16 Å². The zero-order valence-electron chi connectivity index (χ0n) is 13.9. The highest BCUT2D eigenvalue weighted by atomic mass is 32.2. The van der Waals surface area contributed by atoms with Gasteiger partial charge in [0.2, 0.25) is 0 Å². The minimum atomic E-state index is -3.71. The molecule has 0 saturated carbocycles. The molecule has 0 aliphatic carbocycles. The fourth-order valence-corrected chi connectivity index (χ4v) is 4.68. The molecule has 0 bridgehead atoms. The Balaban J connectivity index is 2.05. The summed E-state index contributed by atoms with van der Waals surface area (Å²) in [7, 11) is -1.82. The molecule has 0 aliphatic rings. The molecule has 0 spiro atoms. The standard InChI is InChI=1S/C16H18N4O2S2/c1-11-5-7-14(8-6-11)24(21,22)20-13(3)15(12(2)18-20)23-16-17-9-10-19(16)4/h5-10H,1-4H3. The van der Waals surface area contributed by atoms with Crippen LogP contribution in [0, 0.1) is 20.8 Å². The number of nitrogens with zero attached hydrogens (tertiary/aromatic N) is 4. The number of rotatable bonds is 4. The molecular weight excluding hydrogens is 344 g/mol. The second-order valence-electron chi connectivity index (χ2n) is 5.58. The zero-order chi connectivity index (χ0) is 17.5. The zero-order valence-corrected chi connectivity index (χ0v) is 15.5. The third-order valence-corrected chi connectivity index (χ3v) is 6.75. The fourth-order valence-electron chi connectivity index (χ4n) is 2.34. The number of imidazole rings is 1. The Morgan fingerprint density at radius 2 is 1.75 bits per heavy atom. The van der Waals surface area contributed by atoms with Gasteiger partial charge in [-0.3, -0.25) is 0 Å². The van der Waals surface area contributed by atoms with Crippen LogP contribution >= 0.6 is 11.8 Å².